The van der Waals surface area contributed by atoms with Crippen LogP contribution in [-0.2, 0) is 29.0 Å². The lowest BCUT2D eigenvalue weighted by atomic mass is 9.99. The SMILES string of the molecule is C=C(NC(CCC(Cc1ccccc1)NC(=O)OCc1cncs1)COc1ccccc1)C(COC(C)(C)C)NC(=O)N(C)Cc1csc(C(C)C)n1. The lowest BCUT2D eigenvalue weighted by Crippen LogP contribution is -2.50. The fourth-order valence-corrected chi connectivity index (χ4v) is 6.59. The maximum absolute atomic E-state index is 13.5. The van der Waals surface area contributed by atoms with Gasteiger partial charge in [-0.3, -0.25) is 4.98 Å². The molecule has 3 amide bonds. The summed E-state index contributed by atoms with van der Waals surface area (Å²) in [5, 5.41) is 12.8. The first kappa shape index (κ1) is 41.3. The number of nitrogens with zero attached hydrogens (tertiary/aromatic N) is 3. The highest BCUT2D eigenvalue weighted by Crippen LogP contribution is 2.20. The van der Waals surface area contributed by atoms with Gasteiger partial charge in [0, 0.05) is 36.3 Å². The minimum atomic E-state index is -0.551. The summed E-state index contributed by atoms with van der Waals surface area (Å²) in [6.45, 7) is 15.6. The van der Waals surface area contributed by atoms with Gasteiger partial charge in [-0.15, -0.1) is 22.7 Å². The smallest absolute Gasteiger partial charge is 0.407 e. The third-order valence-electron chi connectivity index (χ3n) is 8.13. The van der Waals surface area contributed by atoms with Crippen molar-refractivity contribution in [3.8, 4) is 5.75 Å². The Bertz CT molecular complexity index is 1680. The van der Waals surface area contributed by atoms with Crippen molar-refractivity contribution in [2.24, 2.45) is 0 Å². The van der Waals surface area contributed by atoms with Gasteiger partial charge in [-0.25, -0.2) is 14.6 Å². The van der Waals surface area contributed by atoms with Crippen LogP contribution < -0.4 is 20.7 Å². The van der Waals surface area contributed by atoms with Crippen LogP contribution in [0.4, 0.5) is 9.59 Å². The molecule has 0 saturated heterocycles. The molecule has 3 unspecified atom stereocenters. The highest BCUT2D eigenvalue weighted by Gasteiger charge is 2.25. The van der Waals surface area contributed by atoms with Crippen molar-refractivity contribution < 1.29 is 23.8 Å². The Morgan fingerprint density at radius 1 is 0.925 bits per heavy atom. The number of nitrogens with one attached hydrogen (secondary N) is 3. The number of para-hydroxylation sites is 1. The summed E-state index contributed by atoms with van der Waals surface area (Å²) in [5.41, 5.74) is 3.80. The summed E-state index contributed by atoms with van der Waals surface area (Å²) in [6, 6.07) is 18.4. The first-order valence-electron chi connectivity index (χ1n) is 17.9. The number of rotatable bonds is 20. The lowest BCUT2D eigenvalue weighted by molar-refractivity contribution is -0.0102. The summed E-state index contributed by atoms with van der Waals surface area (Å²) < 4.78 is 17.9. The molecule has 0 aliphatic carbocycles. The number of hydrogen-bond donors (Lipinski definition) is 3. The Hall–Kier alpha value is -4.46. The zero-order valence-electron chi connectivity index (χ0n) is 31.7. The van der Waals surface area contributed by atoms with Gasteiger partial charge in [0.1, 0.15) is 19.0 Å². The summed E-state index contributed by atoms with van der Waals surface area (Å²) in [5.74, 6) is 1.06. The molecule has 0 saturated carbocycles. The van der Waals surface area contributed by atoms with E-state index in [1.54, 1.807) is 35.0 Å². The van der Waals surface area contributed by atoms with E-state index in [2.05, 4.69) is 41.4 Å². The number of thiazole rings is 2. The van der Waals surface area contributed by atoms with E-state index in [1.807, 2.05) is 86.8 Å². The van der Waals surface area contributed by atoms with Gasteiger partial charge < -0.3 is 35.1 Å². The summed E-state index contributed by atoms with van der Waals surface area (Å²) in [7, 11) is 1.75. The Morgan fingerprint density at radius 3 is 2.26 bits per heavy atom. The highest BCUT2D eigenvalue weighted by molar-refractivity contribution is 7.09. The molecule has 2 heterocycles. The molecule has 2 aromatic carbocycles. The third-order valence-corrected chi connectivity index (χ3v) is 10.1. The van der Waals surface area contributed by atoms with Crippen LogP contribution in [0.2, 0.25) is 0 Å². The molecule has 0 aliphatic rings. The largest absolute Gasteiger partial charge is 0.491 e. The van der Waals surface area contributed by atoms with E-state index in [0.29, 0.717) is 44.0 Å². The molecule has 0 fully saturated rings. The van der Waals surface area contributed by atoms with E-state index in [0.717, 1.165) is 26.9 Å². The van der Waals surface area contributed by atoms with E-state index in [9.17, 15) is 9.59 Å². The van der Waals surface area contributed by atoms with E-state index < -0.39 is 17.7 Å². The van der Waals surface area contributed by atoms with Crippen LogP contribution in [0.15, 0.2) is 90.0 Å². The summed E-state index contributed by atoms with van der Waals surface area (Å²) in [4.78, 5) is 37.7. The predicted molar refractivity (Wildman–Crippen MR) is 212 cm³/mol. The summed E-state index contributed by atoms with van der Waals surface area (Å²) in [6.07, 6.45) is 3.04. The van der Waals surface area contributed by atoms with E-state index in [4.69, 9.17) is 19.2 Å². The molecule has 2 aromatic heterocycles. The van der Waals surface area contributed by atoms with Crippen LogP contribution in [0.3, 0.4) is 0 Å². The highest BCUT2D eigenvalue weighted by atomic mass is 32.1. The van der Waals surface area contributed by atoms with E-state index in [1.165, 1.54) is 11.3 Å². The topological polar surface area (TPSA) is 127 Å². The zero-order chi connectivity index (χ0) is 38.2. The maximum atomic E-state index is 13.5. The minimum Gasteiger partial charge on any atom is -0.491 e. The number of alkyl carbamates (subject to hydrolysis) is 1. The van der Waals surface area contributed by atoms with Crippen LogP contribution in [0.25, 0.3) is 0 Å². The van der Waals surface area contributed by atoms with Crippen molar-refractivity contribution >= 4 is 34.8 Å². The molecule has 0 spiro atoms. The number of benzene rings is 2. The Kier molecular flexibility index (Phi) is 16.1. The second-order valence-electron chi connectivity index (χ2n) is 14.3. The van der Waals surface area contributed by atoms with Crippen LogP contribution in [0.5, 0.6) is 5.75 Å². The second-order valence-corrected chi connectivity index (χ2v) is 16.1. The summed E-state index contributed by atoms with van der Waals surface area (Å²) >= 11 is 3.04. The van der Waals surface area contributed by atoms with Crippen LogP contribution in [0.1, 0.15) is 74.5 Å². The van der Waals surface area contributed by atoms with Crippen molar-refractivity contribution in [3.63, 3.8) is 0 Å². The molecule has 3 atom stereocenters. The first-order chi connectivity index (χ1) is 25.3. The Labute approximate surface area is 322 Å². The molecule has 0 radical (unpaired) electrons. The number of hydrogen-bond acceptors (Lipinski definition) is 10. The second kappa shape index (κ2) is 20.7. The standard InChI is InChI=1S/C40H54N6O5S2/c1-28(2)37-43-33(26-52-37)22-46(7)38(47)45-36(25-51-40(4,5)6)29(3)42-32(23-49-34-16-12-9-13-17-34)19-18-31(20-30-14-10-8-11-15-30)44-39(48)50-24-35-21-41-27-53-35/h8-17,21,26-28,31-32,36,42H,3,18-20,22-25H2,1-2,4-7H3,(H,44,48)(H,45,47). The van der Waals surface area contributed by atoms with Crippen molar-refractivity contribution in [1.29, 1.82) is 0 Å². The third kappa shape index (κ3) is 15.2. The van der Waals surface area contributed by atoms with E-state index in [-0.39, 0.29) is 31.3 Å². The maximum Gasteiger partial charge on any atom is 0.407 e. The van der Waals surface area contributed by atoms with Gasteiger partial charge >= 0.3 is 12.1 Å². The van der Waals surface area contributed by atoms with Gasteiger partial charge in [-0.2, -0.15) is 0 Å². The fourth-order valence-electron chi connectivity index (χ4n) is 5.26. The fraction of sp³-hybridized carbons (Fsp3) is 0.450. The average molecular weight is 763 g/mol. The molecule has 4 aromatic rings. The van der Waals surface area contributed by atoms with Gasteiger partial charge in [0.2, 0.25) is 0 Å². The number of carbonyl (C=O) groups excluding carboxylic acids is 2. The monoisotopic (exact) mass is 762 g/mol. The zero-order valence-corrected chi connectivity index (χ0v) is 33.3. The van der Waals surface area contributed by atoms with Gasteiger partial charge in [-0.1, -0.05) is 69.0 Å². The molecular formula is C40H54N6O5S2. The Balaban J connectivity index is 1.47. The number of aromatic nitrogens is 2. The van der Waals surface area contributed by atoms with Crippen LogP contribution in [0, 0.1) is 0 Å². The molecule has 0 aliphatic heterocycles. The molecular weight excluding hydrogens is 709 g/mol. The van der Waals surface area contributed by atoms with Gasteiger partial charge in [-0.05, 0) is 57.7 Å². The quantitative estimate of drug-likeness (QED) is 0.0830. The molecule has 4 rings (SSSR count). The lowest BCUT2D eigenvalue weighted by Gasteiger charge is -2.31. The average Bonchev–Trinajstić information content (AvgIpc) is 3.83. The molecule has 286 valence electrons. The van der Waals surface area contributed by atoms with Crippen LogP contribution in [-0.4, -0.2) is 71.0 Å². The minimum absolute atomic E-state index is 0.158. The van der Waals surface area contributed by atoms with Gasteiger partial charge in [0.15, 0.2) is 0 Å². The van der Waals surface area contributed by atoms with Gasteiger partial charge in [0.05, 0.1) is 51.9 Å². The predicted octanol–water partition coefficient (Wildman–Crippen LogP) is 7.92. The number of ether oxygens (including phenoxy) is 3. The van der Waals surface area contributed by atoms with Crippen molar-refractivity contribution in [1.82, 2.24) is 30.8 Å². The number of carbonyl (C=O) groups is 2. The molecule has 13 heteroatoms. The molecule has 53 heavy (non-hydrogen) atoms. The molecule has 0 bridgehead atoms. The van der Waals surface area contributed by atoms with Gasteiger partial charge in [0.25, 0.3) is 0 Å². The van der Waals surface area contributed by atoms with E-state index >= 15 is 0 Å². The van der Waals surface area contributed by atoms with Crippen molar-refractivity contribution in [2.45, 2.75) is 96.7 Å². The van der Waals surface area contributed by atoms with Crippen LogP contribution >= 0.6 is 22.7 Å². The Morgan fingerprint density at radius 2 is 1.62 bits per heavy atom. The number of amides is 3. The van der Waals surface area contributed by atoms with Crippen molar-refractivity contribution in [3.05, 3.63) is 111 Å². The van der Waals surface area contributed by atoms with Crippen molar-refractivity contribution in [2.75, 3.05) is 20.3 Å². The molecule has 3 N–H and O–H groups in total. The normalized spacial score (nSPS) is 13.1. The first-order valence-corrected chi connectivity index (χ1v) is 19.7. The number of urea groups is 1. The molecule has 11 nitrogen and oxygen atoms in total.